The zero-order chi connectivity index (χ0) is 19.1. The van der Waals surface area contributed by atoms with Gasteiger partial charge in [0.05, 0.1) is 9.37 Å². The molecular formula is C17H16BrClN2O4S. The maximum atomic E-state index is 12.7. The average molecular weight is 460 g/mol. The van der Waals surface area contributed by atoms with Crippen LogP contribution in [0.1, 0.15) is 12.5 Å². The monoisotopic (exact) mass is 458 g/mol. The number of nitrogens with two attached hydrogens (primary N) is 1. The Morgan fingerprint density at radius 2 is 2.08 bits per heavy atom. The standard InChI is InChI=1S/C17H16BrClN2O4S/c1-10-6-11-7-13(26(20,23)24)3-4-15(11)21(10)17(22)9-25-16-5-2-12(19)8-14(16)18/h2-5,7-8,10H,6,9H2,1H3,(H2,20,23,24). The van der Waals surface area contributed by atoms with Crippen LogP contribution in [0.25, 0.3) is 0 Å². The minimum absolute atomic E-state index is 0.0408. The summed E-state index contributed by atoms with van der Waals surface area (Å²) in [4.78, 5) is 14.3. The smallest absolute Gasteiger partial charge is 0.265 e. The fourth-order valence-electron chi connectivity index (χ4n) is 2.97. The van der Waals surface area contributed by atoms with E-state index in [1.54, 1.807) is 29.2 Å². The highest BCUT2D eigenvalue weighted by molar-refractivity contribution is 9.10. The van der Waals surface area contributed by atoms with Crippen molar-refractivity contribution in [2.24, 2.45) is 5.14 Å². The molecule has 6 nitrogen and oxygen atoms in total. The first-order valence-electron chi connectivity index (χ1n) is 7.72. The zero-order valence-electron chi connectivity index (χ0n) is 13.8. The predicted molar refractivity (Wildman–Crippen MR) is 103 cm³/mol. The Morgan fingerprint density at radius 1 is 1.35 bits per heavy atom. The number of halogens is 2. The van der Waals surface area contributed by atoms with E-state index in [4.69, 9.17) is 21.5 Å². The summed E-state index contributed by atoms with van der Waals surface area (Å²) in [6, 6.07) is 9.46. The quantitative estimate of drug-likeness (QED) is 0.761. The van der Waals surface area contributed by atoms with Gasteiger partial charge in [0.15, 0.2) is 6.61 Å². The third-order valence-corrected chi connectivity index (χ3v) is 5.87. The molecule has 9 heteroatoms. The summed E-state index contributed by atoms with van der Waals surface area (Å²) in [7, 11) is -3.78. The number of amides is 1. The van der Waals surface area contributed by atoms with Crippen LogP contribution in [0.5, 0.6) is 5.75 Å². The third kappa shape index (κ3) is 3.88. The number of rotatable bonds is 4. The summed E-state index contributed by atoms with van der Waals surface area (Å²) >= 11 is 9.23. The molecule has 1 aliphatic heterocycles. The molecule has 0 aliphatic carbocycles. The van der Waals surface area contributed by atoms with Crippen molar-refractivity contribution < 1.29 is 17.9 Å². The first-order valence-corrected chi connectivity index (χ1v) is 10.4. The molecule has 0 saturated heterocycles. The lowest BCUT2D eigenvalue weighted by atomic mass is 10.1. The SMILES string of the molecule is CC1Cc2cc(S(N)(=O)=O)ccc2N1C(=O)COc1ccc(Cl)cc1Br. The molecule has 26 heavy (non-hydrogen) atoms. The number of carbonyl (C=O) groups excluding carboxylic acids is 1. The number of primary sulfonamides is 1. The van der Waals surface area contributed by atoms with E-state index in [0.717, 1.165) is 5.56 Å². The normalized spacial score (nSPS) is 16.5. The Labute approximate surface area is 165 Å². The van der Waals surface area contributed by atoms with Crippen molar-refractivity contribution in [1.82, 2.24) is 0 Å². The van der Waals surface area contributed by atoms with Crippen LogP contribution >= 0.6 is 27.5 Å². The Balaban J connectivity index is 1.79. The van der Waals surface area contributed by atoms with Crippen LogP contribution in [0.4, 0.5) is 5.69 Å². The fourth-order valence-corrected chi connectivity index (χ4v) is 4.33. The Morgan fingerprint density at radius 3 is 2.73 bits per heavy atom. The Hall–Kier alpha value is -1.61. The summed E-state index contributed by atoms with van der Waals surface area (Å²) in [5.41, 5.74) is 1.44. The van der Waals surface area contributed by atoms with Crippen LogP contribution < -0.4 is 14.8 Å². The van der Waals surface area contributed by atoms with Crippen LogP contribution in [0, 0.1) is 0 Å². The molecule has 138 valence electrons. The largest absolute Gasteiger partial charge is 0.483 e. The lowest BCUT2D eigenvalue weighted by molar-refractivity contribution is -0.120. The van der Waals surface area contributed by atoms with Crippen molar-refractivity contribution in [3.8, 4) is 5.75 Å². The third-order valence-electron chi connectivity index (χ3n) is 4.11. The topological polar surface area (TPSA) is 89.7 Å². The van der Waals surface area contributed by atoms with Gasteiger partial charge in [-0.05, 0) is 71.2 Å². The van der Waals surface area contributed by atoms with Crippen molar-refractivity contribution in [2.45, 2.75) is 24.3 Å². The highest BCUT2D eigenvalue weighted by Gasteiger charge is 2.32. The number of nitrogens with zero attached hydrogens (tertiary/aromatic N) is 1. The second-order valence-corrected chi connectivity index (χ2v) is 8.87. The molecule has 1 heterocycles. The highest BCUT2D eigenvalue weighted by Crippen LogP contribution is 2.34. The molecule has 3 rings (SSSR count). The van der Waals surface area contributed by atoms with Crippen LogP contribution in [-0.2, 0) is 21.2 Å². The van der Waals surface area contributed by atoms with Gasteiger partial charge in [-0.15, -0.1) is 0 Å². The molecule has 0 fully saturated rings. The molecule has 1 aliphatic rings. The minimum Gasteiger partial charge on any atom is -0.483 e. The fraction of sp³-hybridized carbons (Fsp3) is 0.235. The molecule has 2 aromatic rings. The number of hydrogen-bond acceptors (Lipinski definition) is 4. The van der Waals surface area contributed by atoms with Crippen LogP contribution in [0.3, 0.4) is 0 Å². The van der Waals surface area contributed by atoms with Gasteiger partial charge >= 0.3 is 0 Å². The molecular weight excluding hydrogens is 444 g/mol. The van der Waals surface area contributed by atoms with E-state index in [9.17, 15) is 13.2 Å². The molecule has 1 atom stereocenters. The number of benzene rings is 2. The molecule has 2 N–H and O–H groups in total. The van der Waals surface area contributed by atoms with E-state index in [-0.39, 0.29) is 23.5 Å². The van der Waals surface area contributed by atoms with E-state index >= 15 is 0 Å². The summed E-state index contributed by atoms with van der Waals surface area (Å²) in [6.07, 6.45) is 0.551. The van der Waals surface area contributed by atoms with Crippen molar-refractivity contribution in [2.75, 3.05) is 11.5 Å². The molecule has 0 spiro atoms. The van der Waals surface area contributed by atoms with Gasteiger partial charge in [-0.1, -0.05) is 11.6 Å². The van der Waals surface area contributed by atoms with E-state index < -0.39 is 10.0 Å². The number of anilines is 1. The summed E-state index contributed by atoms with van der Waals surface area (Å²) in [6.45, 7) is 1.74. The van der Waals surface area contributed by atoms with Gasteiger partial charge in [-0.2, -0.15) is 0 Å². The molecule has 1 amide bonds. The van der Waals surface area contributed by atoms with Gasteiger partial charge in [0.2, 0.25) is 10.0 Å². The van der Waals surface area contributed by atoms with Crippen molar-refractivity contribution in [3.63, 3.8) is 0 Å². The van der Waals surface area contributed by atoms with E-state index in [1.807, 2.05) is 6.92 Å². The van der Waals surface area contributed by atoms with Crippen molar-refractivity contribution in [1.29, 1.82) is 0 Å². The van der Waals surface area contributed by atoms with Gasteiger partial charge in [-0.25, -0.2) is 13.6 Å². The maximum absolute atomic E-state index is 12.7. The number of ether oxygens (including phenoxy) is 1. The number of fused-ring (bicyclic) bond motifs is 1. The molecule has 0 saturated carbocycles. The minimum atomic E-state index is -3.78. The van der Waals surface area contributed by atoms with E-state index in [1.165, 1.54) is 12.1 Å². The molecule has 0 aromatic heterocycles. The van der Waals surface area contributed by atoms with Gasteiger partial charge in [-0.3, -0.25) is 4.79 Å². The first kappa shape index (κ1) is 19.2. The van der Waals surface area contributed by atoms with Crippen LogP contribution in [0.15, 0.2) is 45.8 Å². The summed E-state index contributed by atoms with van der Waals surface area (Å²) in [5.74, 6) is 0.292. The van der Waals surface area contributed by atoms with Crippen LogP contribution in [0.2, 0.25) is 5.02 Å². The van der Waals surface area contributed by atoms with E-state index in [2.05, 4.69) is 15.9 Å². The predicted octanol–water partition coefficient (Wildman–Crippen LogP) is 3.11. The van der Waals surface area contributed by atoms with Crippen molar-refractivity contribution >= 4 is 49.1 Å². The second-order valence-electron chi connectivity index (χ2n) is 6.02. The van der Waals surface area contributed by atoms with Gasteiger partial charge in [0, 0.05) is 16.8 Å². The number of carbonyl (C=O) groups is 1. The first-order chi connectivity index (χ1) is 12.2. The molecule has 0 radical (unpaired) electrons. The maximum Gasteiger partial charge on any atom is 0.265 e. The lowest BCUT2D eigenvalue weighted by Gasteiger charge is -2.23. The van der Waals surface area contributed by atoms with Crippen molar-refractivity contribution in [3.05, 3.63) is 51.5 Å². The van der Waals surface area contributed by atoms with Gasteiger partial charge in [0.1, 0.15) is 5.75 Å². The Bertz CT molecular complexity index is 981. The number of sulfonamides is 1. The average Bonchev–Trinajstić information content (AvgIpc) is 2.88. The summed E-state index contributed by atoms with van der Waals surface area (Å²) < 4.78 is 29.3. The van der Waals surface area contributed by atoms with Gasteiger partial charge < -0.3 is 9.64 Å². The van der Waals surface area contributed by atoms with Gasteiger partial charge in [0.25, 0.3) is 5.91 Å². The van der Waals surface area contributed by atoms with E-state index in [0.29, 0.717) is 27.4 Å². The number of hydrogen-bond donors (Lipinski definition) is 1. The molecule has 0 bridgehead atoms. The molecule has 1 unspecified atom stereocenters. The zero-order valence-corrected chi connectivity index (χ0v) is 16.9. The summed E-state index contributed by atoms with van der Waals surface area (Å²) in [5, 5.41) is 5.73. The lowest BCUT2D eigenvalue weighted by Crippen LogP contribution is -2.39. The highest BCUT2D eigenvalue weighted by atomic mass is 79.9. The second kappa shape index (κ2) is 7.19. The Kier molecular flexibility index (Phi) is 5.30. The van der Waals surface area contributed by atoms with Crippen LogP contribution in [-0.4, -0.2) is 27.0 Å². The molecule has 2 aromatic carbocycles.